The van der Waals surface area contributed by atoms with Crippen molar-refractivity contribution in [2.75, 3.05) is 19.6 Å². The minimum atomic E-state index is -2.90. The van der Waals surface area contributed by atoms with Gasteiger partial charge in [-0.2, -0.15) is 8.78 Å². The molecule has 0 aromatic heterocycles. The second-order valence-electron chi connectivity index (χ2n) is 6.42. The zero-order valence-electron chi connectivity index (χ0n) is 17.2. The summed E-state index contributed by atoms with van der Waals surface area (Å²) < 4.78 is 47.9. The molecule has 2 atom stereocenters. The number of alkyl halides is 2. The van der Waals surface area contributed by atoms with Crippen molar-refractivity contribution in [1.29, 1.82) is 0 Å². The Morgan fingerprint density at radius 3 is 2.35 bits per heavy atom. The maximum atomic E-state index is 13.7. The number of ether oxygens (including phenoxy) is 2. The van der Waals surface area contributed by atoms with Gasteiger partial charge in [-0.3, -0.25) is 4.99 Å². The average Bonchev–Trinajstić information content (AvgIpc) is 2.71. The maximum absolute atomic E-state index is 13.7. The molecule has 0 radical (unpaired) electrons. The molecule has 0 saturated carbocycles. The number of halogens is 4. The van der Waals surface area contributed by atoms with Crippen molar-refractivity contribution in [1.82, 2.24) is 10.6 Å². The van der Waals surface area contributed by atoms with Gasteiger partial charge >= 0.3 is 6.61 Å². The van der Waals surface area contributed by atoms with Crippen molar-refractivity contribution in [3.63, 3.8) is 0 Å². The lowest BCUT2D eigenvalue weighted by molar-refractivity contribution is -0.0498. The number of aliphatic imine (C=N–C) groups is 1. The Morgan fingerprint density at radius 2 is 1.74 bits per heavy atom. The SMILES string of the molecule is CCNC(=NCC(O)c1ccc(OC(F)F)cc1)NCC(C)Oc1ccccc1F.I. The van der Waals surface area contributed by atoms with Gasteiger partial charge in [0.15, 0.2) is 17.5 Å². The highest BCUT2D eigenvalue weighted by Gasteiger charge is 2.11. The van der Waals surface area contributed by atoms with Crippen LogP contribution >= 0.6 is 24.0 Å². The number of aliphatic hydroxyl groups is 1. The van der Waals surface area contributed by atoms with Crippen molar-refractivity contribution in [3.05, 3.63) is 59.9 Å². The molecule has 10 heteroatoms. The van der Waals surface area contributed by atoms with Gasteiger partial charge in [0.05, 0.1) is 19.2 Å². The minimum absolute atomic E-state index is 0. The van der Waals surface area contributed by atoms with E-state index in [-0.39, 0.29) is 48.1 Å². The Balaban J connectivity index is 0.00000480. The molecule has 0 aliphatic carbocycles. The Hall–Kier alpha value is -2.21. The van der Waals surface area contributed by atoms with Gasteiger partial charge in [0.1, 0.15) is 11.9 Å². The van der Waals surface area contributed by atoms with E-state index in [2.05, 4.69) is 20.4 Å². The van der Waals surface area contributed by atoms with Gasteiger partial charge in [0, 0.05) is 6.54 Å². The molecule has 2 aromatic carbocycles. The number of aliphatic hydroxyl groups excluding tert-OH is 1. The van der Waals surface area contributed by atoms with Crippen LogP contribution in [0.15, 0.2) is 53.5 Å². The zero-order chi connectivity index (χ0) is 21.9. The molecule has 0 heterocycles. The highest BCUT2D eigenvalue weighted by atomic mass is 127. The van der Waals surface area contributed by atoms with E-state index < -0.39 is 18.5 Å². The summed E-state index contributed by atoms with van der Waals surface area (Å²) in [7, 11) is 0. The molecule has 6 nitrogen and oxygen atoms in total. The minimum Gasteiger partial charge on any atom is -0.486 e. The molecule has 2 unspecified atom stereocenters. The molecular formula is C21H27F3IN3O3. The summed E-state index contributed by atoms with van der Waals surface area (Å²) >= 11 is 0. The fourth-order valence-corrected chi connectivity index (χ4v) is 2.54. The van der Waals surface area contributed by atoms with Crippen molar-refractivity contribution in [2.45, 2.75) is 32.7 Å². The summed E-state index contributed by atoms with van der Waals surface area (Å²) in [6.45, 7) is 1.80. The van der Waals surface area contributed by atoms with E-state index >= 15 is 0 Å². The van der Waals surface area contributed by atoms with Crippen LogP contribution in [0.3, 0.4) is 0 Å². The van der Waals surface area contributed by atoms with Crippen LogP contribution in [-0.4, -0.2) is 43.4 Å². The number of guanidine groups is 1. The van der Waals surface area contributed by atoms with Crippen LogP contribution in [0.5, 0.6) is 11.5 Å². The molecule has 2 aromatic rings. The van der Waals surface area contributed by atoms with Gasteiger partial charge in [0.2, 0.25) is 0 Å². The second kappa shape index (κ2) is 14.0. The molecule has 2 rings (SSSR count). The van der Waals surface area contributed by atoms with E-state index in [4.69, 9.17) is 4.74 Å². The molecule has 31 heavy (non-hydrogen) atoms. The fourth-order valence-electron chi connectivity index (χ4n) is 2.54. The Kier molecular flexibility index (Phi) is 12.1. The van der Waals surface area contributed by atoms with Gasteiger partial charge in [0.25, 0.3) is 0 Å². The van der Waals surface area contributed by atoms with Crippen molar-refractivity contribution in [3.8, 4) is 11.5 Å². The summed E-state index contributed by atoms with van der Waals surface area (Å²) in [6.07, 6.45) is -1.26. The van der Waals surface area contributed by atoms with Crippen LogP contribution in [0.25, 0.3) is 0 Å². The third-order valence-electron chi connectivity index (χ3n) is 3.98. The molecular weight excluding hydrogens is 526 g/mol. The zero-order valence-corrected chi connectivity index (χ0v) is 19.6. The quantitative estimate of drug-likeness (QED) is 0.235. The summed E-state index contributed by atoms with van der Waals surface area (Å²) in [6, 6.07) is 11.9. The van der Waals surface area contributed by atoms with Gasteiger partial charge in [-0.15, -0.1) is 24.0 Å². The first-order valence-electron chi connectivity index (χ1n) is 9.55. The lowest BCUT2D eigenvalue weighted by atomic mass is 10.1. The number of hydrogen-bond donors (Lipinski definition) is 3. The topological polar surface area (TPSA) is 75.1 Å². The monoisotopic (exact) mass is 553 g/mol. The summed E-state index contributed by atoms with van der Waals surface area (Å²) in [5.74, 6) is 0.211. The molecule has 3 N–H and O–H groups in total. The normalized spacial score (nSPS) is 13.2. The van der Waals surface area contributed by atoms with E-state index in [0.29, 0.717) is 24.6 Å². The smallest absolute Gasteiger partial charge is 0.387 e. The number of hydrogen-bond acceptors (Lipinski definition) is 4. The molecule has 0 aliphatic rings. The summed E-state index contributed by atoms with van der Waals surface area (Å²) in [5, 5.41) is 16.4. The first-order chi connectivity index (χ1) is 14.4. The van der Waals surface area contributed by atoms with Gasteiger partial charge < -0.3 is 25.2 Å². The third kappa shape index (κ3) is 9.64. The van der Waals surface area contributed by atoms with Crippen LogP contribution in [0.1, 0.15) is 25.5 Å². The number of rotatable bonds is 10. The molecule has 0 spiro atoms. The van der Waals surface area contributed by atoms with Crippen molar-refractivity contribution >= 4 is 29.9 Å². The van der Waals surface area contributed by atoms with Crippen molar-refractivity contribution < 1.29 is 27.8 Å². The van der Waals surface area contributed by atoms with Crippen molar-refractivity contribution in [2.24, 2.45) is 4.99 Å². The summed E-state index contributed by atoms with van der Waals surface area (Å²) in [5.41, 5.74) is 0.521. The molecule has 0 bridgehead atoms. The van der Waals surface area contributed by atoms with Crippen LogP contribution < -0.4 is 20.1 Å². The van der Waals surface area contributed by atoms with Gasteiger partial charge in [-0.25, -0.2) is 4.39 Å². The lowest BCUT2D eigenvalue weighted by Crippen LogP contribution is -2.42. The van der Waals surface area contributed by atoms with Gasteiger partial charge in [-0.1, -0.05) is 24.3 Å². The first kappa shape index (κ1) is 26.8. The number of para-hydroxylation sites is 1. The van der Waals surface area contributed by atoms with Gasteiger partial charge in [-0.05, 0) is 43.7 Å². The van der Waals surface area contributed by atoms with Crippen LogP contribution in [-0.2, 0) is 0 Å². The first-order valence-corrected chi connectivity index (χ1v) is 9.55. The molecule has 0 aliphatic heterocycles. The molecule has 172 valence electrons. The van der Waals surface area contributed by atoms with Crippen LogP contribution in [0.4, 0.5) is 13.2 Å². The highest BCUT2D eigenvalue weighted by Crippen LogP contribution is 2.20. The second-order valence-corrected chi connectivity index (χ2v) is 6.42. The van der Waals surface area contributed by atoms with E-state index in [1.165, 1.54) is 30.3 Å². The number of benzene rings is 2. The molecule has 0 amide bonds. The van der Waals surface area contributed by atoms with Crippen LogP contribution in [0.2, 0.25) is 0 Å². The fraction of sp³-hybridized carbons (Fsp3) is 0.381. The standard InChI is InChI=1S/C21H26F3N3O3.HI/c1-3-25-21(26-12-14(2)29-19-7-5-4-6-17(19)22)27-13-18(28)15-8-10-16(11-9-15)30-20(23)24;/h4-11,14,18,20,28H,3,12-13H2,1-2H3,(H2,25,26,27);1H. The van der Waals surface area contributed by atoms with E-state index in [1.54, 1.807) is 25.1 Å². The summed E-state index contributed by atoms with van der Waals surface area (Å²) in [4.78, 5) is 4.32. The van der Waals surface area contributed by atoms with Crippen LogP contribution in [0, 0.1) is 5.82 Å². The predicted molar refractivity (Wildman–Crippen MR) is 124 cm³/mol. The Labute approximate surface area is 196 Å². The predicted octanol–water partition coefficient (Wildman–Crippen LogP) is 4.10. The number of nitrogens with zero attached hydrogens (tertiary/aromatic N) is 1. The Bertz CT molecular complexity index is 810. The molecule has 0 saturated heterocycles. The highest BCUT2D eigenvalue weighted by molar-refractivity contribution is 14.0. The molecule has 0 fully saturated rings. The lowest BCUT2D eigenvalue weighted by Gasteiger charge is -2.18. The maximum Gasteiger partial charge on any atom is 0.387 e. The van der Waals surface area contributed by atoms with E-state index in [1.807, 2.05) is 6.92 Å². The Morgan fingerprint density at radius 1 is 1.06 bits per heavy atom. The van der Waals surface area contributed by atoms with E-state index in [0.717, 1.165) is 0 Å². The van der Waals surface area contributed by atoms with E-state index in [9.17, 15) is 18.3 Å². The average molecular weight is 553 g/mol. The largest absolute Gasteiger partial charge is 0.486 e. The number of nitrogens with one attached hydrogen (secondary N) is 2. The third-order valence-corrected chi connectivity index (χ3v) is 3.98.